The molecule has 1 aromatic carbocycles. The zero-order valence-electron chi connectivity index (χ0n) is 13.8. The molecule has 1 aromatic rings. The van der Waals surface area contributed by atoms with Crippen molar-refractivity contribution in [3.05, 3.63) is 29.8 Å². The Hall–Kier alpha value is -2.08. The van der Waals surface area contributed by atoms with E-state index in [-0.39, 0.29) is 5.91 Å². The van der Waals surface area contributed by atoms with Crippen molar-refractivity contribution in [1.82, 2.24) is 5.32 Å². The maximum atomic E-state index is 12.1. The number of hydrogen-bond donors (Lipinski definition) is 2. The van der Waals surface area contributed by atoms with Crippen LogP contribution in [0, 0.1) is 0 Å². The highest BCUT2D eigenvalue weighted by Gasteiger charge is 2.13. The minimum Gasteiger partial charge on any atom is -0.482 e. The number of carbonyl (C=O) groups excluding carboxylic acids is 1. The number of amides is 1. The molecule has 2 rings (SSSR count). The lowest BCUT2D eigenvalue weighted by molar-refractivity contribution is -0.139. The molecule has 6 heteroatoms. The number of carbonyl (C=O) groups is 2. The summed E-state index contributed by atoms with van der Waals surface area (Å²) in [5.41, 5.74) is 0.450. The van der Waals surface area contributed by atoms with Crippen LogP contribution in [0.15, 0.2) is 24.3 Å². The number of hydrogen-bond acceptors (Lipinski definition) is 4. The average molecular weight is 335 g/mol. The highest BCUT2D eigenvalue weighted by molar-refractivity contribution is 5.94. The van der Waals surface area contributed by atoms with Gasteiger partial charge in [-0.3, -0.25) is 4.79 Å². The predicted molar refractivity (Wildman–Crippen MR) is 89.3 cm³/mol. The summed E-state index contributed by atoms with van der Waals surface area (Å²) >= 11 is 0. The van der Waals surface area contributed by atoms with E-state index in [1.807, 2.05) is 0 Å². The molecule has 1 saturated carbocycles. The molecule has 0 bridgehead atoms. The molecule has 1 aliphatic carbocycles. The van der Waals surface area contributed by atoms with Crippen LogP contribution in [-0.2, 0) is 9.53 Å². The number of carboxylic acid groups (broad SMARTS) is 1. The lowest BCUT2D eigenvalue weighted by Crippen LogP contribution is -2.26. The van der Waals surface area contributed by atoms with Gasteiger partial charge in [-0.1, -0.05) is 25.3 Å². The largest absolute Gasteiger partial charge is 0.482 e. The third kappa shape index (κ3) is 6.58. The molecule has 24 heavy (non-hydrogen) atoms. The first-order valence-corrected chi connectivity index (χ1v) is 8.49. The number of nitrogens with one attached hydrogen (secondary N) is 1. The van der Waals surface area contributed by atoms with Crippen molar-refractivity contribution in [3.63, 3.8) is 0 Å². The molecule has 1 amide bonds. The number of benzene rings is 1. The minimum atomic E-state index is -1.05. The fourth-order valence-corrected chi connectivity index (χ4v) is 2.73. The molecule has 0 saturated heterocycles. The zero-order chi connectivity index (χ0) is 17.2. The van der Waals surface area contributed by atoms with Gasteiger partial charge in [0.05, 0.1) is 6.10 Å². The van der Waals surface area contributed by atoms with Gasteiger partial charge in [-0.2, -0.15) is 0 Å². The maximum absolute atomic E-state index is 12.1. The van der Waals surface area contributed by atoms with Crippen LogP contribution >= 0.6 is 0 Å². The molecular formula is C18H25NO5. The van der Waals surface area contributed by atoms with Crippen molar-refractivity contribution in [2.75, 3.05) is 19.8 Å². The van der Waals surface area contributed by atoms with Gasteiger partial charge >= 0.3 is 5.97 Å². The molecule has 0 aliphatic heterocycles. The topological polar surface area (TPSA) is 84.9 Å². The van der Waals surface area contributed by atoms with Crippen LogP contribution in [0.25, 0.3) is 0 Å². The average Bonchev–Trinajstić information content (AvgIpc) is 2.60. The van der Waals surface area contributed by atoms with Gasteiger partial charge < -0.3 is 19.9 Å². The van der Waals surface area contributed by atoms with Crippen molar-refractivity contribution in [2.24, 2.45) is 0 Å². The van der Waals surface area contributed by atoms with Crippen LogP contribution in [0.3, 0.4) is 0 Å². The molecule has 0 aromatic heterocycles. The van der Waals surface area contributed by atoms with Crippen LogP contribution in [0.4, 0.5) is 0 Å². The van der Waals surface area contributed by atoms with E-state index in [0.29, 0.717) is 30.6 Å². The summed E-state index contributed by atoms with van der Waals surface area (Å²) in [5, 5.41) is 11.4. The van der Waals surface area contributed by atoms with E-state index in [4.69, 9.17) is 14.6 Å². The van der Waals surface area contributed by atoms with E-state index >= 15 is 0 Å². The van der Waals surface area contributed by atoms with Gasteiger partial charge in [0.1, 0.15) is 5.75 Å². The fourth-order valence-electron chi connectivity index (χ4n) is 2.73. The van der Waals surface area contributed by atoms with Gasteiger partial charge in [-0.05, 0) is 37.5 Å². The highest BCUT2D eigenvalue weighted by atomic mass is 16.5. The van der Waals surface area contributed by atoms with E-state index < -0.39 is 12.6 Å². The van der Waals surface area contributed by atoms with Gasteiger partial charge in [-0.25, -0.2) is 4.79 Å². The quantitative estimate of drug-likeness (QED) is 0.678. The summed E-state index contributed by atoms with van der Waals surface area (Å²) in [5.74, 6) is -0.887. The third-order valence-corrected chi connectivity index (χ3v) is 3.97. The molecular weight excluding hydrogens is 310 g/mol. The predicted octanol–water partition coefficient (Wildman–Crippen LogP) is 2.62. The molecule has 0 atom stereocenters. The van der Waals surface area contributed by atoms with Crippen molar-refractivity contribution < 1.29 is 24.2 Å². The van der Waals surface area contributed by atoms with Crippen LogP contribution in [0.2, 0.25) is 0 Å². The zero-order valence-corrected chi connectivity index (χ0v) is 13.8. The molecule has 132 valence electrons. The molecule has 0 heterocycles. The molecule has 2 N–H and O–H groups in total. The number of ether oxygens (including phenoxy) is 2. The Labute approximate surface area is 142 Å². The van der Waals surface area contributed by atoms with E-state index in [1.54, 1.807) is 18.2 Å². The molecule has 0 unspecified atom stereocenters. The SMILES string of the molecule is O=C(O)COc1cccc(C(=O)NCCCOC2CCCCC2)c1. The van der Waals surface area contributed by atoms with Crippen LogP contribution in [-0.4, -0.2) is 42.8 Å². The Morgan fingerprint density at radius 3 is 2.75 bits per heavy atom. The Morgan fingerprint density at radius 2 is 2.00 bits per heavy atom. The van der Waals surface area contributed by atoms with Gasteiger partial charge in [0.25, 0.3) is 5.91 Å². The van der Waals surface area contributed by atoms with Crippen molar-refractivity contribution in [1.29, 1.82) is 0 Å². The molecule has 6 nitrogen and oxygen atoms in total. The summed E-state index contributed by atoms with van der Waals surface area (Å²) in [7, 11) is 0. The first-order chi connectivity index (χ1) is 11.6. The van der Waals surface area contributed by atoms with Crippen molar-refractivity contribution in [3.8, 4) is 5.75 Å². The number of carboxylic acids is 1. The molecule has 1 aliphatic rings. The van der Waals surface area contributed by atoms with Gasteiger partial charge in [-0.15, -0.1) is 0 Å². The van der Waals surface area contributed by atoms with E-state index in [2.05, 4.69) is 5.32 Å². The van der Waals surface area contributed by atoms with Crippen LogP contribution < -0.4 is 10.1 Å². The van der Waals surface area contributed by atoms with Gasteiger partial charge in [0.2, 0.25) is 0 Å². The number of aliphatic carboxylic acids is 1. The molecule has 1 fully saturated rings. The second kappa shape index (κ2) is 9.93. The summed E-state index contributed by atoms with van der Waals surface area (Å²) in [6.07, 6.45) is 7.27. The van der Waals surface area contributed by atoms with E-state index in [9.17, 15) is 9.59 Å². The summed E-state index contributed by atoms with van der Waals surface area (Å²) in [6, 6.07) is 6.49. The third-order valence-electron chi connectivity index (χ3n) is 3.97. The standard InChI is InChI=1S/C18H25NO5/c20-17(21)13-24-16-9-4-6-14(12-16)18(22)19-10-5-11-23-15-7-2-1-3-8-15/h4,6,9,12,15H,1-3,5,7-8,10-11,13H2,(H,19,22)(H,20,21). The van der Waals surface area contributed by atoms with Crippen LogP contribution in [0.1, 0.15) is 48.9 Å². The van der Waals surface area contributed by atoms with E-state index in [1.165, 1.54) is 25.3 Å². The van der Waals surface area contributed by atoms with E-state index in [0.717, 1.165) is 19.3 Å². The van der Waals surface area contributed by atoms with Gasteiger partial charge in [0.15, 0.2) is 6.61 Å². The molecule has 0 radical (unpaired) electrons. The maximum Gasteiger partial charge on any atom is 0.341 e. The minimum absolute atomic E-state index is 0.201. The monoisotopic (exact) mass is 335 g/mol. The Morgan fingerprint density at radius 1 is 1.21 bits per heavy atom. The first-order valence-electron chi connectivity index (χ1n) is 8.49. The summed E-state index contributed by atoms with van der Waals surface area (Å²) in [6.45, 7) is 0.780. The summed E-state index contributed by atoms with van der Waals surface area (Å²) < 4.78 is 10.9. The second-order valence-electron chi connectivity index (χ2n) is 5.95. The smallest absolute Gasteiger partial charge is 0.341 e. The number of rotatable bonds is 9. The lowest BCUT2D eigenvalue weighted by atomic mass is 9.98. The normalized spacial score (nSPS) is 15.0. The van der Waals surface area contributed by atoms with Crippen LogP contribution in [0.5, 0.6) is 5.75 Å². The Balaban J connectivity index is 1.66. The lowest BCUT2D eigenvalue weighted by Gasteiger charge is -2.21. The first kappa shape index (κ1) is 18.3. The van der Waals surface area contributed by atoms with Gasteiger partial charge in [0, 0.05) is 18.7 Å². The Bertz CT molecular complexity index is 540. The molecule has 0 spiro atoms. The fraction of sp³-hybridized carbons (Fsp3) is 0.556. The second-order valence-corrected chi connectivity index (χ2v) is 5.95. The van der Waals surface area contributed by atoms with Crippen molar-refractivity contribution >= 4 is 11.9 Å². The highest BCUT2D eigenvalue weighted by Crippen LogP contribution is 2.20. The Kier molecular flexibility index (Phi) is 7.55. The van der Waals surface area contributed by atoms with Crippen molar-refractivity contribution in [2.45, 2.75) is 44.6 Å². The summed E-state index contributed by atoms with van der Waals surface area (Å²) in [4.78, 5) is 22.6.